The molecule has 164 valence electrons. The number of nitrogen functional groups attached to an aromatic ring is 1. The van der Waals surface area contributed by atoms with Crippen molar-refractivity contribution in [1.82, 2.24) is 20.1 Å². The first kappa shape index (κ1) is 20.9. The number of aliphatic hydroxyl groups is 1. The number of carbonyl (C=O) groups excluding carboxylic acids is 1. The minimum atomic E-state index is -4.59. The van der Waals surface area contributed by atoms with Crippen LogP contribution in [0, 0.1) is 0 Å². The molecule has 10 heteroatoms. The van der Waals surface area contributed by atoms with Crippen molar-refractivity contribution in [1.29, 1.82) is 0 Å². The largest absolute Gasteiger partial charge is 0.417 e. The zero-order valence-corrected chi connectivity index (χ0v) is 16.6. The van der Waals surface area contributed by atoms with E-state index in [1.54, 1.807) is 4.90 Å². The molecule has 1 amide bonds. The SMILES string of the molecule is Nc1[nH]nc2nc(C3CCCN(C(=O)CC4(O)CCCCC4)C3)cc(C(F)(F)F)c12. The topological polar surface area (TPSA) is 108 Å². The summed E-state index contributed by atoms with van der Waals surface area (Å²) in [6.07, 6.45) is 0.872. The van der Waals surface area contributed by atoms with E-state index in [0.29, 0.717) is 32.2 Å². The number of aromatic amines is 1. The highest BCUT2D eigenvalue weighted by Gasteiger charge is 2.38. The molecular formula is C20H26F3N5O2. The standard InChI is InChI=1S/C20H26F3N5O2/c21-20(22,23)13-9-14(25-18-16(13)17(24)26-27-18)12-5-4-8-28(11-12)15(29)10-19(30)6-2-1-3-7-19/h9,12,30H,1-8,10-11H2,(H3,24,25,26,27). The number of halogens is 3. The molecule has 1 saturated heterocycles. The second kappa shape index (κ2) is 7.72. The van der Waals surface area contributed by atoms with Gasteiger partial charge in [0.2, 0.25) is 5.91 Å². The molecule has 4 rings (SSSR count). The molecule has 2 aromatic rings. The minimum Gasteiger partial charge on any atom is -0.389 e. The lowest BCUT2D eigenvalue weighted by Crippen LogP contribution is -2.44. The average molecular weight is 425 g/mol. The molecule has 1 saturated carbocycles. The van der Waals surface area contributed by atoms with E-state index in [2.05, 4.69) is 15.2 Å². The summed E-state index contributed by atoms with van der Waals surface area (Å²) in [5, 5.41) is 16.6. The van der Waals surface area contributed by atoms with Crippen LogP contribution in [0.3, 0.4) is 0 Å². The maximum atomic E-state index is 13.6. The number of carbonyl (C=O) groups is 1. The highest BCUT2D eigenvalue weighted by atomic mass is 19.4. The molecule has 30 heavy (non-hydrogen) atoms. The number of rotatable bonds is 3. The predicted octanol–water partition coefficient (Wildman–Crippen LogP) is 3.35. The van der Waals surface area contributed by atoms with Gasteiger partial charge >= 0.3 is 6.18 Å². The van der Waals surface area contributed by atoms with Crippen LogP contribution in [0.2, 0.25) is 0 Å². The number of alkyl halides is 3. The summed E-state index contributed by atoms with van der Waals surface area (Å²) >= 11 is 0. The van der Waals surface area contributed by atoms with Crippen molar-refractivity contribution in [2.45, 2.75) is 69.1 Å². The summed E-state index contributed by atoms with van der Waals surface area (Å²) in [7, 11) is 0. The van der Waals surface area contributed by atoms with Crippen LogP contribution in [0.4, 0.5) is 19.0 Å². The smallest absolute Gasteiger partial charge is 0.389 e. The predicted molar refractivity (Wildman–Crippen MR) is 105 cm³/mol. The summed E-state index contributed by atoms with van der Waals surface area (Å²) in [4.78, 5) is 18.8. The quantitative estimate of drug-likeness (QED) is 0.699. The minimum absolute atomic E-state index is 0.0654. The maximum Gasteiger partial charge on any atom is 0.417 e. The Balaban J connectivity index is 1.56. The molecule has 0 aromatic carbocycles. The highest BCUT2D eigenvalue weighted by molar-refractivity contribution is 5.89. The fourth-order valence-corrected chi connectivity index (χ4v) is 4.72. The summed E-state index contributed by atoms with van der Waals surface area (Å²) < 4.78 is 40.8. The Morgan fingerprint density at radius 3 is 2.73 bits per heavy atom. The molecule has 1 atom stereocenters. The van der Waals surface area contributed by atoms with Crippen molar-refractivity contribution in [3.05, 3.63) is 17.3 Å². The first-order valence-corrected chi connectivity index (χ1v) is 10.4. The Morgan fingerprint density at radius 1 is 1.30 bits per heavy atom. The van der Waals surface area contributed by atoms with Crippen LogP contribution in [0.15, 0.2) is 6.07 Å². The fourth-order valence-electron chi connectivity index (χ4n) is 4.72. The Hall–Kier alpha value is -2.36. The average Bonchev–Trinajstić information content (AvgIpc) is 3.08. The fraction of sp³-hybridized carbons (Fsp3) is 0.650. The van der Waals surface area contributed by atoms with Gasteiger partial charge in [0.25, 0.3) is 0 Å². The second-order valence-electron chi connectivity index (χ2n) is 8.57. The molecule has 1 aliphatic carbocycles. The van der Waals surface area contributed by atoms with Crippen molar-refractivity contribution in [3.63, 3.8) is 0 Å². The first-order valence-electron chi connectivity index (χ1n) is 10.4. The van der Waals surface area contributed by atoms with Crippen molar-refractivity contribution in [3.8, 4) is 0 Å². The summed E-state index contributed by atoms with van der Waals surface area (Å²) in [6, 6.07) is 1.03. The van der Waals surface area contributed by atoms with E-state index in [0.717, 1.165) is 25.3 Å². The van der Waals surface area contributed by atoms with Crippen molar-refractivity contribution >= 4 is 22.8 Å². The van der Waals surface area contributed by atoms with E-state index in [1.165, 1.54) is 0 Å². The van der Waals surface area contributed by atoms with Crippen LogP contribution in [-0.4, -0.2) is 49.8 Å². The number of hydrogen-bond acceptors (Lipinski definition) is 5. The van der Waals surface area contributed by atoms with Gasteiger partial charge in [-0.05, 0) is 31.7 Å². The van der Waals surface area contributed by atoms with E-state index in [9.17, 15) is 23.1 Å². The van der Waals surface area contributed by atoms with E-state index in [1.807, 2.05) is 0 Å². The monoisotopic (exact) mass is 425 g/mol. The van der Waals surface area contributed by atoms with Gasteiger partial charge in [0.05, 0.1) is 23.0 Å². The van der Waals surface area contributed by atoms with Gasteiger partial charge < -0.3 is 15.7 Å². The summed E-state index contributed by atoms with van der Waals surface area (Å²) in [5.74, 6) is -0.644. The van der Waals surface area contributed by atoms with E-state index in [4.69, 9.17) is 5.73 Å². The number of aromatic nitrogens is 3. The molecule has 2 aromatic heterocycles. The first-order chi connectivity index (χ1) is 14.2. The number of H-pyrrole nitrogens is 1. The van der Waals surface area contributed by atoms with Gasteiger partial charge in [0.15, 0.2) is 5.65 Å². The second-order valence-corrected chi connectivity index (χ2v) is 8.57. The van der Waals surface area contributed by atoms with Crippen molar-refractivity contribution in [2.75, 3.05) is 18.8 Å². The van der Waals surface area contributed by atoms with Gasteiger partial charge in [-0.1, -0.05) is 19.3 Å². The van der Waals surface area contributed by atoms with Crippen LogP contribution in [0.5, 0.6) is 0 Å². The van der Waals surface area contributed by atoms with Gasteiger partial charge in [-0.3, -0.25) is 9.89 Å². The third-order valence-corrected chi connectivity index (χ3v) is 6.33. The van der Waals surface area contributed by atoms with Crippen molar-refractivity contribution in [2.24, 2.45) is 0 Å². The Kier molecular flexibility index (Phi) is 5.37. The number of nitrogens with zero attached hydrogens (tertiary/aromatic N) is 3. The molecule has 3 heterocycles. The molecule has 0 spiro atoms. The molecule has 0 bridgehead atoms. The molecule has 1 aliphatic heterocycles. The number of fused-ring (bicyclic) bond motifs is 1. The van der Waals surface area contributed by atoms with Gasteiger partial charge in [0, 0.05) is 24.7 Å². The Bertz CT molecular complexity index is 936. The number of hydrogen-bond donors (Lipinski definition) is 3. The van der Waals surface area contributed by atoms with E-state index < -0.39 is 17.3 Å². The molecular weight excluding hydrogens is 399 g/mol. The third kappa shape index (κ3) is 4.10. The van der Waals surface area contributed by atoms with Crippen molar-refractivity contribution < 1.29 is 23.1 Å². The van der Waals surface area contributed by atoms with Gasteiger partial charge in [0.1, 0.15) is 5.82 Å². The van der Waals surface area contributed by atoms with Crippen LogP contribution < -0.4 is 5.73 Å². The normalized spacial score (nSPS) is 22.4. The van der Waals surface area contributed by atoms with Gasteiger partial charge in [-0.25, -0.2) is 4.98 Å². The zero-order valence-electron chi connectivity index (χ0n) is 16.6. The molecule has 2 aliphatic rings. The van der Waals surface area contributed by atoms with Crippen LogP contribution >= 0.6 is 0 Å². The van der Waals surface area contributed by atoms with Crippen LogP contribution in [0.25, 0.3) is 11.0 Å². The van der Waals surface area contributed by atoms with Gasteiger partial charge in [-0.2, -0.15) is 18.3 Å². The molecule has 1 unspecified atom stereocenters. The zero-order chi connectivity index (χ0) is 21.5. The number of amides is 1. The van der Waals surface area contributed by atoms with Gasteiger partial charge in [-0.15, -0.1) is 0 Å². The number of pyridine rings is 1. The summed E-state index contributed by atoms with van der Waals surface area (Å²) in [5.41, 5.74) is 3.99. The Morgan fingerprint density at radius 2 is 2.03 bits per heavy atom. The molecule has 4 N–H and O–H groups in total. The van der Waals surface area contributed by atoms with Crippen LogP contribution in [0.1, 0.15) is 68.5 Å². The lowest BCUT2D eigenvalue weighted by atomic mass is 9.82. The van der Waals surface area contributed by atoms with Crippen LogP contribution in [-0.2, 0) is 11.0 Å². The van der Waals surface area contributed by atoms with E-state index in [-0.39, 0.29) is 47.3 Å². The number of piperidine rings is 1. The molecule has 0 radical (unpaired) electrons. The number of likely N-dealkylation sites (tertiary alicyclic amines) is 1. The summed E-state index contributed by atoms with van der Waals surface area (Å²) in [6.45, 7) is 0.819. The maximum absolute atomic E-state index is 13.6. The molecule has 2 fully saturated rings. The lowest BCUT2D eigenvalue weighted by Gasteiger charge is -2.37. The van der Waals surface area contributed by atoms with E-state index >= 15 is 0 Å². The number of anilines is 1. The number of nitrogens with one attached hydrogen (secondary N) is 1. The third-order valence-electron chi connectivity index (χ3n) is 6.33. The number of nitrogens with two attached hydrogens (primary N) is 1. The molecule has 7 nitrogen and oxygen atoms in total. The Labute approximate surface area is 171 Å². The lowest BCUT2D eigenvalue weighted by molar-refractivity contribution is -0.139. The highest BCUT2D eigenvalue weighted by Crippen LogP contribution is 2.39.